The van der Waals surface area contributed by atoms with Crippen molar-refractivity contribution < 1.29 is 4.79 Å². The Hall–Kier alpha value is -0.940. The van der Waals surface area contributed by atoms with Crippen molar-refractivity contribution in [3.8, 4) is 0 Å². The van der Waals surface area contributed by atoms with Gasteiger partial charge in [-0.2, -0.15) is 0 Å². The first-order valence-corrected chi connectivity index (χ1v) is 8.03. The number of aromatic nitrogens is 1. The highest BCUT2D eigenvalue weighted by molar-refractivity contribution is 7.09. The van der Waals surface area contributed by atoms with Crippen molar-refractivity contribution in [1.82, 2.24) is 15.6 Å². The molecule has 2 aliphatic rings. The van der Waals surface area contributed by atoms with Crippen LogP contribution < -0.4 is 10.6 Å². The van der Waals surface area contributed by atoms with Gasteiger partial charge >= 0.3 is 0 Å². The SMILES string of the molecule is CC(NC(=O)CC1CC2CCC(C1)N2)c1nccs1. The summed E-state index contributed by atoms with van der Waals surface area (Å²) in [7, 11) is 0. The molecule has 4 nitrogen and oxygen atoms in total. The standard InChI is InChI=1S/C14H21N3OS/c1-9(14-15-4-5-19-14)16-13(18)8-10-6-11-2-3-12(7-10)17-11/h4-5,9-12,17H,2-3,6-8H2,1H3,(H,16,18). The van der Waals surface area contributed by atoms with Crippen molar-refractivity contribution in [3.63, 3.8) is 0 Å². The quantitative estimate of drug-likeness (QED) is 0.888. The van der Waals surface area contributed by atoms with Gasteiger partial charge in [-0.25, -0.2) is 4.98 Å². The highest BCUT2D eigenvalue weighted by Gasteiger charge is 2.34. The number of fused-ring (bicyclic) bond motifs is 2. The Bertz CT molecular complexity index is 422. The summed E-state index contributed by atoms with van der Waals surface area (Å²) in [5.74, 6) is 0.733. The second-order valence-electron chi connectivity index (χ2n) is 5.84. The zero-order chi connectivity index (χ0) is 13.2. The van der Waals surface area contributed by atoms with Gasteiger partial charge in [0.1, 0.15) is 5.01 Å². The van der Waals surface area contributed by atoms with Gasteiger partial charge < -0.3 is 10.6 Å². The second-order valence-corrected chi connectivity index (χ2v) is 6.77. The number of piperidine rings is 1. The minimum Gasteiger partial charge on any atom is -0.347 e. The Balaban J connectivity index is 1.49. The van der Waals surface area contributed by atoms with E-state index in [1.54, 1.807) is 17.5 Å². The van der Waals surface area contributed by atoms with E-state index >= 15 is 0 Å². The van der Waals surface area contributed by atoms with E-state index in [1.165, 1.54) is 12.8 Å². The smallest absolute Gasteiger partial charge is 0.220 e. The molecule has 2 bridgehead atoms. The lowest BCUT2D eigenvalue weighted by Gasteiger charge is -2.28. The van der Waals surface area contributed by atoms with E-state index < -0.39 is 0 Å². The van der Waals surface area contributed by atoms with E-state index in [1.807, 2.05) is 12.3 Å². The molecule has 0 radical (unpaired) electrons. The molecule has 0 spiro atoms. The summed E-state index contributed by atoms with van der Waals surface area (Å²) in [5.41, 5.74) is 0. The van der Waals surface area contributed by atoms with Crippen LogP contribution in [-0.2, 0) is 4.79 Å². The molecule has 3 rings (SSSR count). The molecule has 0 aliphatic carbocycles. The van der Waals surface area contributed by atoms with Crippen LogP contribution in [-0.4, -0.2) is 23.0 Å². The first kappa shape index (κ1) is 13.1. The average Bonchev–Trinajstić information content (AvgIpc) is 2.99. The van der Waals surface area contributed by atoms with E-state index in [-0.39, 0.29) is 11.9 Å². The molecule has 3 unspecified atom stereocenters. The minimum absolute atomic E-state index is 0.0333. The Kier molecular flexibility index (Phi) is 3.84. The molecular formula is C14H21N3OS. The molecule has 0 saturated carbocycles. The normalized spacial score (nSPS) is 31.1. The fourth-order valence-corrected chi connectivity index (χ4v) is 4.06. The maximum Gasteiger partial charge on any atom is 0.220 e. The van der Waals surface area contributed by atoms with Crippen LogP contribution in [0.4, 0.5) is 0 Å². The lowest BCUT2D eigenvalue weighted by molar-refractivity contribution is -0.122. The van der Waals surface area contributed by atoms with Crippen molar-refractivity contribution in [2.45, 2.75) is 57.2 Å². The highest BCUT2D eigenvalue weighted by atomic mass is 32.1. The van der Waals surface area contributed by atoms with Crippen LogP contribution in [0.3, 0.4) is 0 Å². The third kappa shape index (κ3) is 3.15. The summed E-state index contributed by atoms with van der Waals surface area (Å²) in [6.07, 6.45) is 7.36. The van der Waals surface area contributed by atoms with Crippen LogP contribution in [0.2, 0.25) is 0 Å². The fraction of sp³-hybridized carbons (Fsp3) is 0.714. The van der Waals surface area contributed by atoms with Crippen molar-refractivity contribution in [2.75, 3.05) is 0 Å². The van der Waals surface area contributed by atoms with Gasteiger partial charge in [-0.3, -0.25) is 4.79 Å². The molecule has 19 heavy (non-hydrogen) atoms. The Morgan fingerprint density at radius 2 is 2.26 bits per heavy atom. The van der Waals surface area contributed by atoms with Crippen LogP contribution >= 0.6 is 11.3 Å². The maximum absolute atomic E-state index is 12.1. The van der Waals surface area contributed by atoms with Gasteiger partial charge in [0.05, 0.1) is 6.04 Å². The molecule has 1 aromatic rings. The molecule has 1 amide bonds. The van der Waals surface area contributed by atoms with E-state index in [9.17, 15) is 4.79 Å². The third-order valence-electron chi connectivity index (χ3n) is 4.24. The van der Waals surface area contributed by atoms with Crippen molar-refractivity contribution in [3.05, 3.63) is 16.6 Å². The molecule has 3 atom stereocenters. The first-order chi connectivity index (χ1) is 9.20. The van der Waals surface area contributed by atoms with Crippen LogP contribution in [0.5, 0.6) is 0 Å². The summed E-state index contributed by atoms with van der Waals surface area (Å²) >= 11 is 1.59. The van der Waals surface area contributed by atoms with Gasteiger partial charge in [-0.05, 0) is 38.5 Å². The van der Waals surface area contributed by atoms with Crippen LogP contribution in [0.25, 0.3) is 0 Å². The predicted octanol–water partition coefficient (Wildman–Crippen LogP) is 2.24. The van der Waals surface area contributed by atoms with Crippen molar-refractivity contribution in [2.24, 2.45) is 5.92 Å². The number of carbonyl (C=O) groups excluding carboxylic acids is 1. The van der Waals surface area contributed by atoms with Gasteiger partial charge in [0, 0.05) is 30.1 Å². The number of nitrogens with zero attached hydrogens (tertiary/aromatic N) is 1. The molecule has 2 saturated heterocycles. The molecular weight excluding hydrogens is 258 g/mol. The molecule has 2 N–H and O–H groups in total. The van der Waals surface area contributed by atoms with E-state index in [4.69, 9.17) is 0 Å². The third-order valence-corrected chi connectivity index (χ3v) is 5.20. The number of hydrogen-bond donors (Lipinski definition) is 2. The summed E-state index contributed by atoms with van der Waals surface area (Å²) in [4.78, 5) is 16.3. The maximum atomic E-state index is 12.1. The average molecular weight is 279 g/mol. The van der Waals surface area contributed by atoms with Gasteiger partial charge in [0.2, 0.25) is 5.91 Å². The Morgan fingerprint density at radius 3 is 2.89 bits per heavy atom. The molecule has 3 heterocycles. The van der Waals surface area contributed by atoms with Gasteiger partial charge in [-0.15, -0.1) is 11.3 Å². The topological polar surface area (TPSA) is 54.0 Å². The lowest BCUT2D eigenvalue weighted by atomic mass is 9.89. The largest absolute Gasteiger partial charge is 0.347 e. The molecule has 2 fully saturated rings. The fourth-order valence-electron chi connectivity index (χ4n) is 3.41. The number of carbonyl (C=O) groups is 1. The first-order valence-electron chi connectivity index (χ1n) is 7.15. The van der Waals surface area contributed by atoms with Crippen LogP contribution in [0.15, 0.2) is 11.6 Å². The number of hydrogen-bond acceptors (Lipinski definition) is 4. The van der Waals surface area contributed by atoms with Gasteiger partial charge in [-0.1, -0.05) is 0 Å². The number of amides is 1. The summed E-state index contributed by atoms with van der Waals surface area (Å²) in [6, 6.07) is 1.35. The molecule has 0 aromatic carbocycles. The Morgan fingerprint density at radius 1 is 1.53 bits per heavy atom. The highest BCUT2D eigenvalue weighted by Crippen LogP contribution is 2.32. The Labute approximate surface area is 118 Å². The second kappa shape index (κ2) is 5.59. The molecule has 2 aliphatic heterocycles. The van der Waals surface area contributed by atoms with E-state index in [0.717, 1.165) is 17.8 Å². The molecule has 1 aromatic heterocycles. The summed E-state index contributed by atoms with van der Waals surface area (Å²) < 4.78 is 0. The molecule has 104 valence electrons. The summed E-state index contributed by atoms with van der Waals surface area (Å²) in [6.45, 7) is 2.00. The van der Waals surface area contributed by atoms with Crippen molar-refractivity contribution >= 4 is 17.2 Å². The van der Waals surface area contributed by atoms with Crippen molar-refractivity contribution in [1.29, 1.82) is 0 Å². The van der Waals surface area contributed by atoms with E-state index in [2.05, 4.69) is 15.6 Å². The van der Waals surface area contributed by atoms with Crippen LogP contribution in [0.1, 0.15) is 50.1 Å². The molecule has 5 heteroatoms. The van der Waals surface area contributed by atoms with Gasteiger partial charge in [0.25, 0.3) is 0 Å². The number of thiazole rings is 1. The number of nitrogens with one attached hydrogen (secondary N) is 2. The van der Waals surface area contributed by atoms with Gasteiger partial charge in [0.15, 0.2) is 0 Å². The zero-order valence-corrected chi connectivity index (χ0v) is 12.1. The van der Waals surface area contributed by atoms with Crippen LogP contribution in [0, 0.1) is 5.92 Å². The predicted molar refractivity (Wildman–Crippen MR) is 76.0 cm³/mol. The zero-order valence-electron chi connectivity index (χ0n) is 11.3. The number of rotatable bonds is 4. The monoisotopic (exact) mass is 279 g/mol. The lowest BCUT2D eigenvalue weighted by Crippen LogP contribution is -2.40. The summed E-state index contributed by atoms with van der Waals surface area (Å²) in [5, 5.41) is 9.62. The minimum atomic E-state index is 0.0333. The van der Waals surface area contributed by atoms with E-state index in [0.29, 0.717) is 24.4 Å².